The monoisotopic (exact) mass is 258 g/mol. The summed E-state index contributed by atoms with van der Waals surface area (Å²) in [6, 6.07) is 7.01. The van der Waals surface area contributed by atoms with Crippen LogP contribution in [0, 0.1) is 0 Å². The minimum absolute atomic E-state index is 0.143. The van der Waals surface area contributed by atoms with Crippen LogP contribution in [0.15, 0.2) is 39.4 Å². The highest BCUT2D eigenvalue weighted by Crippen LogP contribution is 2.29. The highest BCUT2D eigenvalue weighted by Gasteiger charge is 2.32. The predicted molar refractivity (Wildman–Crippen MR) is 75.1 cm³/mol. The summed E-state index contributed by atoms with van der Waals surface area (Å²) in [4.78, 5) is 12.7. The molecular weight excluding hydrogens is 244 g/mol. The van der Waals surface area contributed by atoms with Crippen molar-refractivity contribution in [3.63, 3.8) is 0 Å². The Morgan fingerprint density at radius 3 is 2.74 bits per heavy atom. The molecule has 8 heteroatoms. The second-order valence-electron chi connectivity index (χ2n) is 4.48. The Morgan fingerprint density at radius 1 is 1.37 bits per heavy atom. The smallest absolute Gasteiger partial charge is 0.220 e. The first kappa shape index (κ1) is 12.7. The second-order valence-corrected chi connectivity index (χ2v) is 4.48. The zero-order valence-electron chi connectivity index (χ0n) is 10.6. The van der Waals surface area contributed by atoms with E-state index >= 15 is 0 Å². The van der Waals surface area contributed by atoms with Crippen molar-refractivity contribution in [2.24, 2.45) is 26.6 Å². The first-order valence-electron chi connectivity index (χ1n) is 5.59. The first-order chi connectivity index (χ1) is 8.94. The average Bonchev–Trinajstić information content (AvgIpc) is 2.27. The molecule has 1 heterocycles. The number of anilines is 1. The summed E-state index contributed by atoms with van der Waals surface area (Å²) in [5, 5.41) is 3.56. The van der Waals surface area contributed by atoms with Crippen molar-refractivity contribution in [1.82, 2.24) is 0 Å². The maximum Gasteiger partial charge on any atom is 0.220 e. The lowest BCUT2D eigenvalue weighted by atomic mass is 10.1. The third-order valence-corrected chi connectivity index (χ3v) is 2.64. The Balaban J connectivity index is 2.49. The van der Waals surface area contributed by atoms with Crippen LogP contribution in [0.5, 0.6) is 0 Å². The molecule has 0 bridgehead atoms. The molecule has 8 nitrogen and oxygen atoms in total. The van der Waals surface area contributed by atoms with E-state index in [-0.39, 0.29) is 11.9 Å². The first-order valence-corrected chi connectivity index (χ1v) is 5.59. The van der Waals surface area contributed by atoms with Gasteiger partial charge in [0.25, 0.3) is 0 Å². The highest BCUT2D eigenvalue weighted by molar-refractivity contribution is 6.05. The summed E-state index contributed by atoms with van der Waals surface area (Å²) in [5.74, 6) is 0.389. The van der Waals surface area contributed by atoms with Gasteiger partial charge in [-0.1, -0.05) is 17.2 Å². The fourth-order valence-corrected chi connectivity index (χ4v) is 2.00. The van der Waals surface area contributed by atoms with Gasteiger partial charge < -0.3 is 11.5 Å². The zero-order valence-corrected chi connectivity index (χ0v) is 10.6. The number of hydrogen-bond acceptors (Lipinski definition) is 6. The van der Waals surface area contributed by atoms with Crippen LogP contribution in [-0.2, 0) is 0 Å². The van der Waals surface area contributed by atoms with Gasteiger partial charge in [-0.3, -0.25) is 4.90 Å². The molecule has 0 aromatic heterocycles. The third-order valence-electron chi connectivity index (χ3n) is 2.64. The Bertz CT molecular complexity index is 609. The minimum Gasteiger partial charge on any atom is -0.369 e. The van der Waals surface area contributed by atoms with Crippen molar-refractivity contribution >= 4 is 23.3 Å². The summed E-state index contributed by atoms with van der Waals surface area (Å²) in [7, 11) is 0. The lowest BCUT2D eigenvalue weighted by Gasteiger charge is -2.38. The lowest BCUT2D eigenvalue weighted by Crippen LogP contribution is -2.54. The molecule has 1 aromatic carbocycles. The number of nitrogens with two attached hydrogens (primary N) is 2. The number of guanidine groups is 2. The molecule has 0 saturated heterocycles. The predicted octanol–water partition coefficient (Wildman–Crippen LogP) is 1.81. The molecule has 0 fully saturated rings. The molecule has 0 unspecified atom stereocenters. The third kappa shape index (κ3) is 2.43. The topological polar surface area (TPSA) is 129 Å². The largest absolute Gasteiger partial charge is 0.369 e. The molecular formula is C11H14N8. The van der Waals surface area contributed by atoms with Gasteiger partial charge in [-0.25, -0.2) is 4.99 Å². The number of rotatable bonds is 2. The van der Waals surface area contributed by atoms with Crippen LogP contribution >= 0.6 is 0 Å². The molecule has 1 aliphatic rings. The van der Waals surface area contributed by atoms with Gasteiger partial charge in [-0.15, -0.1) is 0 Å². The molecule has 0 aliphatic carbocycles. The van der Waals surface area contributed by atoms with Gasteiger partial charge in [0.1, 0.15) is 5.66 Å². The molecule has 0 saturated carbocycles. The number of benzene rings is 1. The highest BCUT2D eigenvalue weighted by atomic mass is 15.4. The summed E-state index contributed by atoms with van der Waals surface area (Å²) in [6.07, 6.45) is 0. The minimum atomic E-state index is -0.662. The standard InChI is InChI=1S/C11H14N8/c1-11(2)16-9(12)15-10(13)19(11)8-5-3-4-7(6-8)17-18-14/h3-6H,1-2H3,(H4,12,13,15,16). The van der Waals surface area contributed by atoms with E-state index in [2.05, 4.69) is 20.0 Å². The van der Waals surface area contributed by atoms with Crippen molar-refractivity contribution in [3.8, 4) is 0 Å². The van der Waals surface area contributed by atoms with E-state index in [4.69, 9.17) is 17.0 Å². The van der Waals surface area contributed by atoms with Gasteiger partial charge in [-0.2, -0.15) is 4.99 Å². The van der Waals surface area contributed by atoms with Gasteiger partial charge in [0.2, 0.25) is 11.9 Å². The van der Waals surface area contributed by atoms with Crippen LogP contribution in [0.25, 0.3) is 10.4 Å². The molecule has 1 aromatic rings. The number of azide groups is 1. The van der Waals surface area contributed by atoms with Crippen LogP contribution in [0.3, 0.4) is 0 Å². The maximum atomic E-state index is 8.47. The van der Waals surface area contributed by atoms with Crippen LogP contribution in [0.4, 0.5) is 11.4 Å². The van der Waals surface area contributed by atoms with Gasteiger partial charge in [0.15, 0.2) is 0 Å². The molecule has 4 N–H and O–H groups in total. The molecule has 0 radical (unpaired) electrons. The molecule has 2 rings (SSSR count). The van der Waals surface area contributed by atoms with E-state index in [1.54, 1.807) is 23.1 Å². The van der Waals surface area contributed by atoms with Gasteiger partial charge in [-0.05, 0) is 31.5 Å². The zero-order chi connectivity index (χ0) is 14.0. The molecule has 0 spiro atoms. The summed E-state index contributed by atoms with van der Waals surface area (Å²) >= 11 is 0. The van der Waals surface area contributed by atoms with Crippen LogP contribution in [-0.4, -0.2) is 17.6 Å². The summed E-state index contributed by atoms with van der Waals surface area (Å²) < 4.78 is 0. The number of nitrogens with zero attached hydrogens (tertiary/aromatic N) is 6. The Morgan fingerprint density at radius 2 is 2.11 bits per heavy atom. The molecule has 98 valence electrons. The summed E-state index contributed by atoms with van der Waals surface area (Å²) in [5.41, 5.74) is 20.5. The van der Waals surface area contributed by atoms with Gasteiger partial charge in [0.05, 0.1) is 0 Å². The van der Waals surface area contributed by atoms with Crippen molar-refractivity contribution in [2.45, 2.75) is 19.5 Å². The van der Waals surface area contributed by atoms with E-state index in [0.29, 0.717) is 5.69 Å². The van der Waals surface area contributed by atoms with E-state index in [1.165, 1.54) is 0 Å². The Kier molecular flexibility index (Phi) is 3.02. The van der Waals surface area contributed by atoms with Crippen LogP contribution in [0.1, 0.15) is 13.8 Å². The molecule has 1 aliphatic heterocycles. The van der Waals surface area contributed by atoms with Gasteiger partial charge >= 0.3 is 0 Å². The van der Waals surface area contributed by atoms with E-state index < -0.39 is 5.66 Å². The average molecular weight is 258 g/mol. The maximum absolute atomic E-state index is 8.47. The van der Waals surface area contributed by atoms with E-state index in [0.717, 1.165) is 5.69 Å². The SMILES string of the molecule is CC1(C)N=C(N)N=C(N)N1c1cccc(N=[N+]=[N-])c1. The van der Waals surface area contributed by atoms with Gasteiger partial charge in [0, 0.05) is 16.3 Å². The van der Waals surface area contributed by atoms with Crippen LogP contribution in [0.2, 0.25) is 0 Å². The fraction of sp³-hybridized carbons (Fsp3) is 0.273. The van der Waals surface area contributed by atoms with Crippen molar-refractivity contribution < 1.29 is 0 Å². The van der Waals surface area contributed by atoms with E-state index in [9.17, 15) is 0 Å². The number of hydrogen-bond donors (Lipinski definition) is 2. The fourth-order valence-electron chi connectivity index (χ4n) is 2.00. The molecule has 0 amide bonds. The number of aliphatic imine (C=N–C) groups is 2. The van der Waals surface area contributed by atoms with Crippen molar-refractivity contribution in [3.05, 3.63) is 34.7 Å². The second kappa shape index (κ2) is 4.51. The van der Waals surface area contributed by atoms with Crippen molar-refractivity contribution in [2.75, 3.05) is 4.90 Å². The Hall–Kier alpha value is -2.73. The Labute approximate surface area is 110 Å². The lowest BCUT2D eigenvalue weighted by molar-refractivity contribution is 0.534. The molecule has 0 atom stereocenters. The van der Waals surface area contributed by atoms with Crippen LogP contribution < -0.4 is 16.4 Å². The molecule has 19 heavy (non-hydrogen) atoms. The van der Waals surface area contributed by atoms with E-state index in [1.807, 2.05) is 19.9 Å². The normalized spacial score (nSPS) is 17.3. The quantitative estimate of drug-likeness (QED) is 0.476. The summed E-state index contributed by atoms with van der Waals surface area (Å²) in [6.45, 7) is 3.73. The van der Waals surface area contributed by atoms with Crippen molar-refractivity contribution in [1.29, 1.82) is 0 Å².